The van der Waals surface area contributed by atoms with E-state index in [1.54, 1.807) is 30.3 Å². The lowest BCUT2D eigenvalue weighted by molar-refractivity contribution is -0.123. The Kier molecular flexibility index (Phi) is 5.65. The first kappa shape index (κ1) is 23.1. The Bertz CT molecular complexity index is 1370. The SMILES string of the molecule is C=CC1=CC[C@H]2C(=O)N(c3cccc(Cl)c3)C(=O)[C@@]2(c2ccccc2)[C@H]1c1cc(C)c(O)c(C)c1. The number of nitrogens with zero attached hydrogens (tertiary/aromatic N) is 1. The molecule has 35 heavy (non-hydrogen) atoms. The molecule has 3 aromatic carbocycles. The van der Waals surface area contributed by atoms with Gasteiger partial charge in [-0.3, -0.25) is 9.59 Å². The minimum atomic E-state index is -1.17. The van der Waals surface area contributed by atoms with Crippen LogP contribution in [0, 0.1) is 19.8 Å². The van der Waals surface area contributed by atoms with E-state index in [1.807, 2.05) is 62.4 Å². The second-order valence-electron chi connectivity index (χ2n) is 9.33. The van der Waals surface area contributed by atoms with Crippen LogP contribution >= 0.6 is 11.6 Å². The van der Waals surface area contributed by atoms with E-state index >= 15 is 0 Å². The molecule has 1 aliphatic carbocycles. The van der Waals surface area contributed by atoms with Gasteiger partial charge in [0.05, 0.1) is 17.0 Å². The van der Waals surface area contributed by atoms with Gasteiger partial charge in [0.2, 0.25) is 11.8 Å². The number of allylic oxidation sites excluding steroid dienone is 3. The molecule has 0 bridgehead atoms. The minimum Gasteiger partial charge on any atom is -0.507 e. The predicted molar refractivity (Wildman–Crippen MR) is 139 cm³/mol. The summed E-state index contributed by atoms with van der Waals surface area (Å²) >= 11 is 6.25. The molecule has 0 spiro atoms. The maximum atomic E-state index is 14.6. The second kappa shape index (κ2) is 8.54. The van der Waals surface area contributed by atoms with Crippen molar-refractivity contribution < 1.29 is 14.7 Å². The van der Waals surface area contributed by atoms with E-state index < -0.39 is 17.3 Å². The minimum absolute atomic E-state index is 0.230. The van der Waals surface area contributed by atoms with Crippen LogP contribution in [0.5, 0.6) is 5.75 Å². The first-order chi connectivity index (χ1) is 16.8. The highest BCUT2D eigenvalue weighted by molar-refractivity contribution is 6.32. The molecule has 1 heterocycles. The van der Waals surface area contributed by atoms with Crippen LogP contribution in [-0.4, -0.2) is 16.9 Å². The van der Waals surface area contributed by atoms with Crippen LogP contribution in [-0.2, 0) is 15.0 Å². The van der Waals surface area contributed by atoms with Crippen molar-refractivity contribution in [3.8, 4) is 5.75 Å². The average Bonchev–Trinajstić information content (AvgIpc) is 3.09. The zero-order valence-electron chi connectivity index (χ0n) is 19.7. The number of phenolic OH excluding ortho intramolecular Hbond substituents is 1. The molecule has 0 saturated carbocycles. The summed E-state index contributed by atoms with van der Waals surface area (Å²) in [5, 5.41) is 10.9. The van der Waals surface area contributed by atoms with Crippen LogP contribution in [0.3, 0.4) is 0 Å². The smallest absolute Gasteiger partial charge is 0.246 e. The summed E-state index contributed by atoms with van der Waals surface area (Å²) in [6.07, 6.45) is 4.22. The Morgan fingerprint density at radius 2 is 1.71 bits per heavy atom. The fourth-order valence-corrected chi connectivity index (χ4v) is 6.09. The van der Waals surface area contributed by atoms with E-state index in [9.17, 15) is 14.7 Å². The van der Waals surface area contributed by atoms with E-state index in [4.69, 9.17) is 11.6 Å². The number of aryl methyl sites for hydroxylation is 2. The zero-order chi connectivity index (χ0) is 24.9. The molecule has 1 aliphatic heterocycles. The van der Waals surface area contributed by atoms with E-state index in [2.05, 4.69) is 6.58 Å². The highest BCUT2D eigenvalue weighted by Gasteiger charge is 2.65. The van der Waals surface area contributed by atoms with Crippen LogP contribution < -0.4 is 4.90 Å². The van der Waals surface area contributed by atoms with Crippen molar-refractivity contribution in [1.82, 2.24) is 0 Å². The van der Waals surface area contributed by atoms with Gasteiger partial charge in [0.1, 0.15) is 5.75 Å². The van der Waals surface area contributed by atoms with Gasteiger partial charge >= 0.3 is 0 Å². The number of hydrogen-bond acceptors (Lipinski definition) is 3. The van der Waals surface area contributed by atoms with Gasteiger partial charge in [-0.05, 0) is 66.3 Å². The molecule has 1 N–H and O–H groups in total. The van der Waals surface area contributed by atoms with E-state index in [0.29, 0.717) is 17.1 Å². The number of aromatic hydroxyl groups is 1. The van der Waals surface area contributed by atoms with E-state index in [0.717, 1.165) is 27.8 Å². The largest absolute Gasteiger partial charge is 0.507 e. The standard InChI is InChI=1S/C30H26ClNO3/c1-4-20-13-14-25-28(34)32(24-12-8-11-23(31)17-24)29(35)30(25,22-9-6-5-7-10-22)26(20)21-15-18(2)27(33)19(3)16-21/h4-13,15-17,25-26,33H,1,14H2,2-3H3/t25-,26+,30+/m0/s1. The number of carbonyl (C=O) groups is 2. The Balaban J connectivity index is 1.83. The van der Waals surface area contributed by atoms with Crippen molar-refractivity contribution in [3.63, 3.8) is 0 Å². The molecule has 0 unspecified atom stereocenters. The van der Waals surface area contributed by atoms with Crippen LogP contribution in [0.1, 0.15) is 34.6 Å². The number of hydrogen-bond donors (Lipinski definition) is 1. The Hall–Kier alpha value is -3.63. The van der Waals surface area contributed by atoms with Gasteiger partial charge in [-0.25, -0.2) is 4.90 Å². The van der Waals surface area contributed by atoms with Crippen LogP contribution in [0.2, 0.25) is 5.02 Å². The Labute approximate surface area is 210 Å². The molecule has 2 aliphatic rings. The van der Waals surface area contributed by atoms with Crippen LogP contribution in [0.25, 0.3) is 0 Å². The number of anilines is 1. The van der Waals surface area contributed by atoms with Crippen molar-refractivity contribution in [2.45, 2.75) is 31.6 Å². The zero-order valence-corrected chi connectivity index (χ0v) is 20.4. The third kappa shape index (κ3) is 3.35. The molecule has 5 heteroatoms. The summed E-state index contributed by atoms with van der Waals surface area (Å²) in [7, 11) is 0. The summed E-state index contributed by atoms with van der Waals surface area (Å²) in [6.45, 7) is 7.74. The molecule has 176 valence electrons. The third-order valence-corrected chi connectivity index (χ3v) is 7.64. The Morgan fingerprint density at radius 3 is 2.34 bits per heavy atom. The van der Waals surface area contributed by atoms with Crippen molar-refractivity contribution in [2.75, 3.05) is 4.90 Å². The number of phenols is 1. The molecule has 0 radical (unpaired) electrons. The van der Waals surface area contributed by atoms with Gasteiger partial charge in [0.15, 0.2) is 0 Å². The highest BCUT2D eigenvalue weighted by atomic mass is 35.5. The number of amides is 2. The normalized spacial score (nSPS) is 23.7. The lowest BCUT2D eigenvalue weighted by atomic mass is 9.56. The molecule has 4 nitrogen and oxygen atoms in total. The first-order valence-electron chi connectivity index (χ1n) is 11.6. The summed E-state index contributed by atoms with van der Waals surface area (Å²) in [5.41, 5.74) is 3.28. The quantitative estimate of drug-likeness (QED) is 0.437. The number of imide groups is 1. The summed E-state index contributed by atoms with van der Waals surface area (Å²) < 4.78 is 0. The second-order valence-corrected chi connectivity index (χ2v) is 9.76. The molecule has 1 fully saturated rings. The number of carbonyl (C=O) groups excluding carboxylic acids is 2. The lowest BCUT2D eigenvalue weighted by Gasteiger charge is -2.43. The topological polar surface area (TPSA) is 57.6 Å². The molecular formula is C30H26ClNO3. The van der Waals surface area contributed by atoms with Gasteiger partial charge in [-0.1, -0.05) is 78.9 Å². The number of benzene rings is 3. The number of halogens is 1. The van der Waals surface area contributed by atoms with Crippen molar-refractivity contribution >= 4 is 29.1 Å². The van der Waals surface area contributed by atoms with E-state index in [1.165, 1.54) is 4.90 Å². The number of fused-ring (bicyclic) bond motifs is 1. The van der Waals surface area contributed by atoms with E-state index in [-0.39, 0.29) is 17.6 Å². The summed E-state index contributed by atoms with van der Waals surface area (Å²) in [4.78, 5) is 29.9. The summed E-state index contributed by atoms with van der Waals surface area (Å²) in [6, 6.07) is 20.2. The van der Waals surface area contributed by atoms with Gasteiger partial charge < -0.3 is 5.11 Å². The van der Waals surface area contributed by atoms with Crippen molar-refractivity contribution in [1.29, 1.82) is 0 Å². The van der Waals surface area contributed by atoms with Crippen LogP contribution in [0.15, 0.2) is 91.0 Å². The van der Waals surface area contributed by atoms with Gasteiger partial charge in [0, 0.05) is 10.9 Å². The molecule has 3 aromatic rings. The fourth-order valence-electron chi connectivity index (χ4n) is 5.91. The lowest BCUT2D eigenvalue weighted by Crippen LogP contribution is -2.48. The molecule has 5 rings (SSSR count). The van der Waals surface area contributed by atoms with Gasteiger partial charge in [0.25, 0.3) is 0 Å². The van der Waals surface area contributed by atoms with Crippen molar-refractivity contribution in [3.05, 3.63) is 118 Å². The fraction of sp³-hybridized carbons (Fsp3) is 0.200. The van der Waals surface area contributed by atoms with Gasteiger partial charge in [-0.15, -0.1) is 0 Å². The molecule has 2 amide bonds. The van der Waals surface area contributed by atoms with Crippen LogP contribution in [0.4, 0.5) is 5.69 Å². The average molecular weight is 484 g/mol. The third-order valence-electron chi connectivity index (χ3n) is 7.40. The Morgan fingerprint density at radius 1 is 1.03 bits per heavy atom. The predicted octanol–water partition coefficient (Wildman–Crippen LogP) is 6.39. The molecular weight excluding hydrogens is 458 g/mol. The van der Waals surface area contributed by atoms with Crippen molar-refractivity contribution in [2.24, 2.45) is 5.92 Å². The molecule has 3 atom stereocenters. The van der Waals surface area contributed by atoms with Gasteiger partial charge in [-0.2, -0.15) is 0 Å². The highest BCUT2D eigenvalue weighted by Crippen LogP contribution is 2.58. The molecule has 0 aromatic heterocycles. The monoisotopic (exact) mass is 483 g/mol. The maximum absolute atomic E-state index is 14.6. The first-order valence-corrected chi connectivity index (χ1v) is 12.0. The molecule has 1 saturated heterocycles. The summed E-state index contributed by atoms with van der Waals surface area (Å²) in [5.74, 6) is -1.34. The maximum Gasteiger partial charge on any atom is 0.246 e. The number of rotatable bonds is 4.